The number of hydrogen-bond acceptors (Lipinski definition) is 4. The first-order chi connectivity index (χ1) is 11.1. The average Bonchev–Trinajstić information content (AvgIpc) is 2.55. The molecule has 1 aromatic heterocycles. The van der Waals surface area contributed by atoms with E-state index in [2.05, 4.69) is 9.97 Å². The summed E-state index contributed by atoms with van der Waals surface area (Å²) in [6.45, 7) is 3.07. The summed E-state index contributed by atoms with van der Waals surface area (Å²) in [5.74, 6) is -0.212. The molecule has 2 rings (SSSR count). The van der Waals surface area contributed by atoms with E-state index in [1.54, 1.807) is 35.5 Å². The highest BCUT2D eigenvalue weighted by Crippen LogP contribution is 2.09. The molecule has 23 heavy (non-hydrogen) atoms. The van der Waals surface area contributed by atoms with Gasteiger partial charge in [-0.2, -0.15) is 0 Å². The predicted molar refractivity (Wildman–Crippen MR) is 87.6 cm³/mol. The molecule has 0 aliphatic rings. The summed E-state index contributed by atoms with van der Waals surface area (Å²) in [6, 6.07) is 6.16. The Balaban J connectivity index is 2.05. The van der Waals surface area contributed by atoms with Crippen molar-refractivity contribution >= 4 is 17.9 Å². The van der Waals surface area contributed by atoms with E-state index in [0.29, 0.717) is 18.7 Å². The van der Waals surface area contributed by atoms with Crippen LogP contribution in [0.3, 0.4) is 0 Å². The van der Waals surface area contributed by atoms with Crippen LogP contribution in [0.15, 0.2) is 42.7 Å². The Kier molecular flexibility index (Phi) is 5.80. The summed E-state index contributed by atoms with van der Waals surface area (Å²) >= 11 is 0. The van der Waals surface area contributed by atoms with E-state index < -0.39 is 0 Å². The molecule has 0 fully saturated rings. The molecule has 5 nitrogen and oxygen atoms in total. The fourth-order valence-electron chi connectivity index (χ4n) is 2.05. The number of nitrogens with two attached hydrogens (primary N) is 1. The summed E-state index contributed by atoms with van der Waals surface area (Å²) in [5, 5.41) is 0. The maximum atomic E-state index is 13.0. The fraction of sp³-hybridized carbons (Fsp3) is 0.235. The standard InChI is InChI=1S/C17H19FN4O/c1-2-9-22(12-13-3-6-15(18)7-4-13)16(23)8-5-14-10-20-17(19)21-11-14/h3-8,10-11H,2,9,12H2,1H3,(H2,19,20,21)/b8-5+. The van der Waals surface area contributed by atoms with Crippen LogP contribution >= 0.6 is 0 Å². The largest absolute Gasteiger partial charge is 0.368 e. The molecule has 0 aliphatic carbocycles. The SMILES string of the molecule is CCCN(Cc1ccc(F)cc1)C(=O)/C=C/c1cnc(N)nc1. The third-order valence-electron chi connectivity index (χ3n) is 3.20. The van der Waals surface area contributed by atoms with Gasteiger partial charge >= 0.3 is 0 Å². The van der Waals surface area contributed by atoms with Gasteiger partial charge in [-0.05, 0) is 30.2 Å². The van der Waals surface area contributed by atoms with Crippen molar-refractivity contribution in [2.75, 3.05) is 12.3 Å². The molecule has 0 saturated carbocycles. The lowest BCUT2D eigenvalue weighted by Crippen LogP contribution is -2.29. The first kappa shape index (κ1) is 16.6. The summed E-state index contributed by atoms with van der Waals surface area (Å²) in [4.78, 5) is 21.8. The van der Waals surface area contributed by atoms with Crippen molar-refractivity contribution in [3.05, 3.63) is 59.7 Å². The number of hydrogen-bond donors (Lipinski definition) is 1. The van der Waals surface area contributed by atoms with E-state index in [9.17, 15) is 9.18 Å². The number of aromatic nitrogens is 2. The van der Waals surface area contributed by atoms with Crippen LogP contribution in [-0.4, -0.2) is 27.3 Å². The summed E-state index contributed by atoms with van der Waals surface area (Å²) < 4.78 is 13.0. The van der Waals surface area contributed by atoms with Crippen LogP contribution in [0.25, 0.3) is 6.08 Å². The molecule has 0 atom stereocenters. The van der Waals surface area contributed by atoms with Crippen LogP contribution in [-0.2, 0) is 11.3 Å². The fourth-order valence-corrected chi connectivity index (χ4v) is 2.05. The molecule has 0 bridgehead atoms. The van der Waals surface area contributed by atoms with Gasteiger partial charge in [0, 0.05) is 37.1 Å². The Morgan fingerprint density at radius 3 is 2.52 bits per heavy atom. The smallest absolute Gasteiger partial charge is 0.246 e. The van der Waals surface area contributed by atoms with Crippen molar-refractivity contribution < 1.29 is 9.18 Å². The van der Waals surface area contributed by atoms with Gasteiger partial charge in [0.15, 0.2) is 0 Å². The molecule has 1 aromatic carbocycles. The highest BCUT2D eigenvalue weighted by atomic mass is 19.1. The van der Waals surface area contributed by atoms with Crippen LogP contribution in [0.2, 0.25) is 0 Å². The zero-order valence-corrected chi connectivity index (χ0v) is 12.9. The maximum Gasteiger partial charge on any atom is 0.246 e. The van der Waals surface area contributed by atoms with E-state index in [0.717, 1.165) is 12.0 Å². The zero-order chi connectivity index (χ0) is 16.7. The lowest BCUT2D eigenvalue weighted by atomic mass is 10.2. The predicted octanol–water partition coefficient (Wildman–Crippen LogP) is 2.65. The number of nitrogens with zero attached hydrogens (tertiary/aromatic N) is 3. The van der Waals surface area contributed by atoms with Crippen LogP contribution < -0.4 is 5.73 Å². The number of anilines is 1. The Hall–Kier alpha value is -2.76. The normalized spacial score (nSPS) is 10.9. The minimum atomic E-state index is -0.287. The minimum absolute atomic E-state index is 0.118. The van der Waals surface area contributed by atoms with Crippen molar-refractivity contribution in [2.45, 2.75) is 19.9 Å². The monoisotopic (exact) mass is 314 g/mol. The second-order valence-corrected chi connectivity index (χ2v) is 5.09. The lowest BCUT2D eigenvalue weighted by molar-refractivity contribution is -0.126. The van der Waals surface area contributed by atoms with Gasteiger partial charge in [-0.15, -0.1) is 0 Å². The third kappa shape index (κ3) is 5.18. The zero-order valence-electron chi connectivity index (χ0n) is 12.9. The van der Waals surface area contributed by atoms with Gasteiger partial charge in [0.1, 0.15) is 5.82 Å². The van der Waals surface area contributed by atoms with Gasteiger partial charge in [-0.3, -0.25) is 4.79 Å². The second-order valence-electron chi connectivity index (χ2n) is 5.09. The molecule has 120 valence electrons. The number of nitrogen functional groups attached to an aromatic ring is 1. The van der Waals surface area contributed by atoms with Gasteiger partial charge in [-0.25, -0.2) is 14.4 Å². The van der Waals surface area contributed by atoms with E-state index in [1.807, 2.05) is 6.92 Å². The average molecular weight is 314 g/mol. The van der Waals surface area contributed by atoms with Crippen molar-refractivity contribution in [1.82, 2.24) is 14.9 Å². The summed E-state index contributed by atoms with van der Waals surface area (Å²) in [6.07, 6.45) is 7.07. The first-order valence-corrected chi connectivity index (χ1v) is 7.37. The number of carbonyl (C=O) groups excluding carboxylic acids is 1. The molecular formula is C17H19FN4O. The Labute approximate surface area is 134 Å². The van der Waals surface area contributed by atoms with E-state index in [1.165, 1.54) is 18.2 Å². The van der Waals surface area contributed by atoms with Crippen molar-refractivity contribution in [3.63, 3.8) is 0 Å². The molecule has 0 unspecified atom stereocenters. The van der Waals surface area contributed by atoms with Crippen LogP contribution in [0.1, 0.15) is 24.5 Å². The van der Waals surface area contributed by atoms with Crippen molar-refractivity contribution in [2.24, 2.45) is 0 Å². The molecular weight excluding hydrogens is 295 g/mol. The first-order valence-electron chi connectivity index (χ1n) is 7.37. The topological polar surface area (TPSA) is 72.1 Å². The van der Waals surface area contributed by atoms with Gasteiger partial charge in [-0.1, -0.05) is 19.1 Å². The van der Waals surface area contributed by atoms with Crippen molar-refractivity contribution in [1.29, 1.82) is 0 Å². The van der Waals surface area contributed by atoms with Crippen molar-refractivity contribution in [3.8, 4) is 0 Å². The molecule has 0 saturated heterocycles. The highest BCUT2D eigenvalue weighted by molar-refractivity contribution is 5.91. The quantitative estimate of drug-likeness (QED) is 0.832. The summed E-state index contributed by atoms with van der Waals surface area (Å²) in [5.41, 5.74) is 7.01. The van der Waals surface area contributed by atoms with Gasteiger partial charge in [0.2, 0.25) is 11.9 Å². The molecule has 1 amide bonds. The Bertz CT molecular complexity index is 668. The second kappa shape index (κ2) is 8.03. The maximum absolute atomic E-state index is 13.0. The molecule has 2 N–H and O–H groups in total. The van der Waals surface area contributed by atoms with E-state index >= 15 is 0 Å². The minimum Gasteiger partial charge on any atom is -0.368 e. The Morgan fingerprint density at radius 1 is 1.26 bits per heavy atom. The Morgan fingerprint density at radius 2 is 1.91 bits per heavy atom. The number of rotatable bonds is 6. The van der Waals surface area contributed by atoms with Crippen LogP contribution in [0, 0.1) is 5.82 Å². The van der Waals surface area contributed by atoms with Gasteiger partial charge in [0.05, 0.1) is 0 Å². The molecule has 2 aromatic rings. The molecule has 0 spiro atoms. The molecule has 6 heteroatoms. The lowest BCUT2D eigenvalue weighted by Gasteiger charge is -2.20. The molecule has 1 heterocycles. The molecule has 0 aliphatic heterocycles. The van der Waals surface area contributed by atoms with Crippen LogP contribution in [0.4, 0.5) is 10.3 Å². The number of halogens is 1. The number of carbonyl (C=O) groups is 1. The van der Waals surface area contributed by atoms with E-state index in [-0.39, 0.29) is 17.7 Å². The summed E-state index contributed by atoms with van der Waals surface area (Å²) in [7, 11) is 0. The van der Waals surface area contributed by atoms with Gasteiger partial charge in [0.25, 0.3) is 0 Å². The highest BCUT2D eigenvalue weighted by Gasteiger charge is 2.10. The van der Waals surface area contributed by atoms with Gasteiger partial charge < -0.3 is 10.6 Å². The third-order valence-corrected chi connectivity index (χ3v) is 3.20. The van der Waals surface area contributed by atoms with E-state index in [4.69, 9.17) is 5.73 Å². The van der Waals surface area contributed by atoms with Crippen LogP contribution in [0.5, 0.6) is 0 Å². The number of amides is 1. The molecule has 0 radical (unpaired) electrons. The number of benzene rings is 1.